The van der Waals surface area contributed by atoms with Gasteiger partial charge in [-0.25, -0.2) is 13.4 Å². The normalized spacial score (nSPS) is 13.1. The standard InChI is InChI=1S/C8H14N2O2S2/c1-8(2,9)6-4-10-7(13-6)5-14(3,11)12/h4H,5,9H2,1-3H3. The third-order valence-electron chi connectivity index (χ3n) is 1.57. The second-order valence-corrected chi connectivity index (χ2v) is 7.17. The minimum Gasteiger partial charge on any atom is -0.321 e. The molecule has 1 aromatic heterocycles. The summed E-state index contributed by atoms with van der Waals surface area (Å²) in [6.45, 7) is 3.73. The average Bonchev–Trinajstić information content (AvgIpc) is 2.29. The third-order valence-corrected chi connectivity index (χ3v) is 3.89. The maximum atomic E-state index is 11.0. The van der Waals surface area contributed by atoms with Gasteiger partial charge < -0.3 is 5.73 Å². The van der Waals surface area contributed by atoms with Gasteiger partial charge in [-0.05, 0) is 13.8 Å². The molecule has 2 N–H and O–H groups in total. The first-order chi connectivity index (χ1) is 6.18. The van der Waals surface area contributed by atoms with E-state index in [0.29, 0.717) is 5.01 Å². The summed E-state index contributed by atoms with van der Waals surface area (Å²) in [4.78, 5) is 4.93. The Kier molecular flexibility index (Phi) is 2.99. The van der Waals surface area contributed by atoms with Crippen LogP contribution in [0.1, 0.15) is 23.7 Å². The van der Waals surface area contributed by atoms with Crippen LogP contribution in [0.4, 0.5) is 0 Å². The van der Waals surface area contributed by atoms with Crippen molar-refractivity contribution in [2.24, 2.45) is 5.73 Å². The summed E-state index contributed by atoms with van der Waals surface area (Å²) in [6, 6.07) is 0. The summed E-state index contributed by atoms with van der Waals surface area (Å²) in [5, 5.41) is 0.598. The van der Waals surface area contributed by atoms with Gasteiger partial charge in [0.2, 0.25) is 0 Å². The van der Waals surface area contributed by atoms with Crippen molar-refractivity contribution in [3.8, 4) is 0 Å². The number of hydrogen-bond donors (Lipinski definition) is 1. The Labute approximate surface area is 88.1 Å². The van der Waals surface area contributed by atoms with Crippen molar-refractivity contribution < 1.29 is 8.42 Å². The summed E-state index contributed by atoms with van der Waals surface area (Å²) in [5.74, 6) is -0.00620. The molecule has 14 heavy (non-hydrogen) atoms. The van der Waals surface area contributed by atoms with E-state index in [2.05, 4.69) is 4.98 Å². The van der Waals surface area contributed by atoms with Crippen LogP contribution in [-0.2, 0) is 21.1 Å². The molecular formula is C8H14N2O2S2. The first kappa shape index (κ1) is 11.6. The van der Waals surface area contributed by atoms with Crippen molar-refractivity contribution in [3.05, 3.63) is 16.1 Å². The lowest BCUT2D eigenvalue weighted by Gasteiger charge is -2.14. The summed E-state index contributed by atoms with van der Waals surface area (Å²) < 4.78 is 22.0. The van der Waals surface area contributed by atoms with Crippen molar-refractivity contribution in [1.29, 1.82) is 0 Å². The predicted octanol–water partition coefficient (Wildman–Crippen LogP) is 0.882. The Morgan fingerprint density at radius 2 is 2.14 bits per heavy atom. The number of nitrogens with two attached hydrogens (primary N) is 1. The number of nitrogens with zero attached hydrogens (tertiary/aromatic N) is 1. The quantitative estimate of drug-likeness (QED) is 0.842. The zero-order valence-electron chi connectivity index (χ0n) is 8.44. The van der Waals surface area contributed by atoms with E-state index in [-0.39, 0.29) is 5.75 Å². The van der Waals surface area contributed by atoms with Gasteiger partial charge in [-0.2, -0.15) is 0 Å². The van der Waals surface area contributed by atoms with E-state index >= 15 is 0 Å². The van der Waals surface area contributed by atoms with Gasteiger partial charge in [-0.15, -0.1) is 11.3 Å². The monoisotopic (exact) mass is 234 g/mol. The maximum absolute atomic E-state index is 11.0. The van der Waals surface area contributed by atoms with Crippen molar-refractivity contribution in [2.75, 3.05) is 6.26 Å². The lowest BCUT2D eigenvalue weighted by atomic mass is 10.1. The van der Waals surface area contributed by atoms with E-state index in [0.717, 1.165) is 4.88 Å². The van der Waals surface area contributed by atoms with E-state index in [1.54, 1.807) is 6.20 Å². The first-order valence-corrected chi connectivity index (χ1v) is 6.98. The third kappa shape index (κ3) is 3.36. The van der Waals surface area contributed by atoms with Crippen molar-refractivity contribution >= 4 is 21.2 Å². The van der Waals surface area contributed by atoms with E-state index in [1.807, 2.05) is 13.8 Å². The molecule has 1 rings (SSSR count). The highest BCUT2D eigenvalue weighted by Crippen LogP contribution is 2.24. The Morgan fingerprint density at radius 1 is 1.57 bits per heavy atom. The maximum Gasteiger partial charge on any atom is 0.153 e. The van der Waals surface area contributed by atoms with E-state index < -0.39 is 15.4 Å². The highest BCUT2D eigenvalue weighted by molar-refractivity contribution is 7.90. The number of thiazole rings is 1. The molecule has 0 saturated carbocycles. The van der Waals surface area contributed by atoms with Gasteiger partial charge in [0.25, 0.3) is 0 Å². The molecule has 0 bridgehead atoms. The van der Waals surface area contributed by atoms with Gasteiger partial charge in [-0.3, -0.25) is 0 Å². The van der Waals surface area contributed by atoms with Crippen LogP contribution in [0.25, 0.3) is 0 Å². The molecule has 0 aliphatic heterocycles. The van der Waals surface area contributed by atoms with Crippen LogP contribution in [0.3, 0.4) is 0 Å². The predicted molar refractivity (Wildman–Crippen MR) is 57.9 cm³/mol. The number of sulfone groups is 1. The van der Waals surface area contributed by atoms with Crippen molar-refractivity contribution in [3.63, 3.8) is 0 Å². The Morgan fingerprint density at radius 3 is 2.50 bits per heavy atom. The van der Waals surface area contributed by atoms with E-state index in [9.17, 15) is 8.42 Å². The minimum atomic E-state index is -3.00. The van der Waals surface area contributed by atoms with Crippen molar-refractivity contribution in [2.45, 2.75) is 25.1 Å². The van der Waals surface area contributed by atoms with Gasteiger partial charge in [-0.1, -0.05) is 0 Å². The Hall–Kier alpha value is -0.460. The van der Waals surface area contributed by atoms with Crippen LogP contribution < -0.4 is 5.73 Å². The first-order valence-electron chi connectivity index (χ1n) is 4.10. The zero-order valence-corrected chi connectivity index (χ0v) is 10.1. The summed E-state index contributed by atoms with van der Waals surface area (Å²) in [5.41, 5.74) is 5.40. The molecule has 1 aromatic rings. The van der Waals surface area contributed by atoms with Gasteiger partial charge in [0.15, 0.2) is 9.84 Å². The fraction of sp³-hybridized carbons (Fsp3) is 0.625. The fourth-order valence-corrected chi connectivity index (χ4v) is 3.03. The lowest BCUT2D eigenvalue weighted by molar-refractivity contribution is 0.566. The number of rotatable bonds is 3. The molecule has 0 atom stereocenters. The summed E-state index contributed by atoms with van der Waals surface area (Å²) in [6.07, 6.45) is 2.84. The Bertz CT molecular complexity index is 415. The highest BCUT2D eigenvalue weighted by Gasteiger charge is 2.18. The minimum absolute atomic E-state index is 0.00620. The van der Waals surface area contributed by atoms with E-state index in [4.69, 9.17) is 5.73 Å². The van der Waals surface area contributed by atoms with Crippen LogP contribution in [0.15, 0.2) is 6.20 Å². The van der Waals surface area contributed by atoms with Crippen LogP contribution in [0, 0.1) is 0 Å². The summed E-state index contributed by atoms with van der Waals surface area (Å²) in [7, 11) is -3.00. The van der Waals surface area contributed by atoms with Crippen molar-refractivity contribution in [1.82, 2.24) is 4.98 Å². The Balaban J connectivity index is 2.90. The molecule has 4 nitrogen and oxygen atoms in total. The number of aromatic nitrogens is 1. The molecule has 6 heteroatoms. The molecular weight excluding hydrogens is 220 g/mol. The topological polar surface area (TPSA) is 73.0 Å². The molecule has 80 valence electrons. The van der Waals surface area contributed by atoms with Gasteiger partial charge in [0.1, 0.15) is 10.8 Å². The SMILES string of the molecule is CC(C)(N)c1cnc(CS(C)(=O)=O)s1. The smallest absolute Gasteiger partial charge is 0.153 e. The van der Waals surface area contributed by atoms with Crippen LogP contribution >= 0.6 is 11.3 Å². The molecule has 0 saturated heterocycles. The van der Waals surface area contributed by atoms with Gasteiger partial charge >= 0.3 is 0 Å². The lowest BCUT2D eigenvalue weighted by Crippen LogP contribution is -2.27. The zero-order chi connectivity index (χ0) is 11.0. The molecule has 0 aliphatic carbocycles. The van der Waals surface area contributed by atoms with E-state index in [1.165, 1.54) is 17.6 Å². The van der Waals surface area contributed by atoms with Gasteiger partial charge in [0.05, 0.1) is 0 Å². The molecule has 0 unspecified atom stereocenters. The molecule has 0 amide bonds. The van der Waals surface area contributed by atoms with Crippen LogP contribution in [0.2, 0.25) is 0 Å². The number of hydrogen-bond acceptors (Lipinski definition) is 5. The second-order valence-electron chi connectivity index (χ2n) is 3.91. The summed E-state index contributed by atoms with van der Waals surface area (Å²) >= 11 is 1.35. The highest BCUT2D eigenvalue weighted by atomic mass is 32.2. The molecule has 1 heterocycles. The van der Waals surface area contributed by atoms with Crippen LogP contribution in [0.5, 0.6) is 0 Å². The fourth-order valence-electron chi connectivity index (χ4n) is 0.899. The molecule has 0 spiro atoms. The largest absolute Gasteiger partial charge is 0.321 e. The van der Waals surface area contributed by atoms with Crippen LogP contribution in [-0.4, -0.2) is 19.7 Å². The van der Waals surface area contributed by atoms with Gasteiger partial charge in [0, 0.05) is 22.9 Å². The molecule has 0 aromatic carbocycles. The molecule has 0 aliphatic rings. The second kappa shape index (κ2) is 3.60. The molecule has 0 radical (unpaired) electrons. The molecule has 0 fully saturated rings. The average molecular weight is 234 g/mol.